The lowest BCUT2D eigenvalue weighted by atomic mass is 10.2. The zero-order valence-electron chi connectivity index (χ0n) is 8.79. The molecular formula is C11H21O2+. The molecule has 0 saturated carbocycles. The molecule has 1 aliphatic heterocycles. The van der Waals surface area contributed by atoms with Crippen molar-refractivity contribution in [3.8, 4) is 0 Å². The zero-order valence-corrected chi connectivity index (χ0v) is 8.79. The summed E-state index contributed by atoms with van der Waals surface area (Å²) in [6, 6.07) is 0. The number of hydrogen-bond donors (Lipinski definition) is 0. The predicted molar refractivity (Wildman–Crippen MR) is 54.6 cm³/mol. The molecule has 1 fully saturated rings. The SMILES string of the molecule is CC(C)C=COC[O+]1CCCCC1. The molecule has 0 spiro atoms. The van der Waals surface area contributed by atoms with Gasteiger partial charge in [-0.15, -0.1) is 0 Å². The van der Waals surface area contributed by atoms with Crippen LogP contribution < -0.4 is 0 Å². The van der Waals surface area contributed by atoms with E-state index >= 15 is 0 Å². The molecule has 1 saturated heterocycles. The maximum absolute atomic E-state index is 5.39. The Labute approximate surface area is 81.2 Å². The second kappa shape index (κ2) is 6.03. The second-order valence-corrected chi connectivity index (χ2v) is 3.94. The Morgan fingerprint density at radius 3 is 2.54 bits per heavy atom. The summed E-state index contributed by atoms with van der Waals surface area (Å²) in [4.78, 5) is 0. The molecule has 0 aromatic heterocycles. The van der Waals surface area contributed by atoms with E-state index in [1.807, 2.05) is 6.26 Å². The lowest BCUT2D eigenvalue weighted by Crippen LogP contribution is -2.23. The van der Waals surface area contributed by atoms with Crippen molar-refractivity contribution in [2.75, 3.05) is 20.0 Å². The van der Waals surface area contributed by atoms with Gasteiger partial charge in [-0.1, -0.05) is 13.8 Å². The molecule has 0 aliphatic carbocycles. The summed E-state index contributed by atoms with van der Waals surface area (Å²) in [5.74, 6) is 0.575. The van der Waals surface area contributed by atoms with Crippen LogP contribution in [0.3, 0.4) is 0 Å². The van der Waals surface area contributed by atoms with Crippen LogP contribution in [-0.4, -0.2) is 20.0 Å². The van der Waals surface area contributed by atoms with Crippen molar-refractivity contribution in [2.24, 2.45) is 5.92 Å². The first-order valence-electron chi connectivity index (χ1n) is 5.21. The fourth-order valence-electron chi connectivity index (χ4n) is 1.36. The zero-order chi connectivity index (χ0) is 9.52. The lowest BCUT2D eigenvalue weighted by Gasteiger charge is -2.22. The third-order valence-electron chi connectivity index (χ3n) is 2.16. The molecule has 1 aliphatic rings. The molecule has 76 valence electrons. The predicted octanol–water partition coefficient (Wildman–Crippen LogP) is 2.87. The Hall–Kier alpha value is -0.500. The Kier molecular flexibility index (Phi) is 4.91. The normalized spacial score (nSPS) is 19.9. The maximum Gasteiger partial charge on any atom is 0.295 e. The molecule has 0 aromatic rings. The highest BCUT2D eigenvalue weighted by Gasteiger charge is 2.13. The summed E-state index contributed by atoms with van der Waals surface area (Å²) in [6.07, 6.45) is 7.84. The van der Waals surface area contributed by atoms with Crippen LogP contribution in [0.5, 0.6) is 0 Å². The van der Waals surface area contributed by atoms with Gasteiger partial charge >= 0.3 is 0 Å². The van der Waals surface area contributed by atoms with E-state index in [0.717, 1.165) is 13.2 Å². The van der Waals surface area contributed by atoms with E-state index in [9.17, 15) is 0 Å². The van der Waals surface area contributed by atoms with Gasteiger partial charge < -0.3 is 9.10 Å². The van der Waals surface area contributed by atoms with E-state index in [4.69, 9.17) is 4.74 Å². The molecule has 13 heavy (non-hydrogen) atoms. The number of rotatable bonds is 4. The highest BCUT2D eigenvalue weighted by molar-refractivity contribution is 4.76. The van der Waals surface area contributed by atoms with Crippen molar-refractivity contribution in [1.29, 1.82) is 0 Å². The van der Waals surface area contributed by atoms with E-state index in [2.05, 4.69) is 24.3 Å². The van der Waals surface area contributed by atoms with E-state index in [1.165, 1.54) is 19.3 Å². The summed E-state index contributed by atoms with van der Waals surface area (Å²) < 4.78 is 8.53. The van der Waals surface area contributed by atoms with Crippen molar-refractivity contribution in [1.82, 2.24) is 0 Å². The standard InChI is InChI=1S/C11H21O2/c1-11(2)6-7-12-10-13-8-4-3-5-9-13/h6-7,11H,3-5,8-10H2,1-2H3/q+1. The molecule has 0 atom stereocenters. The monoisotopic (exact) mass is 185 g/mol. The van der Waals surface area contributed by atoms with Gasteiger partial charge in [0.05, 0.1) is 6.26 Å². The smallest absolute Gasteiger partial charge is 0.295 e. The first-order chi connectivity index (χ1) is 6.29. The van der Waals surface area contributed by atoms with Gasteiger partial charge in [0.1, 0.15) is 13.2 Å². The molecule has 0 aromatic carbocycles. The third kappa shape index (κ3) is 4.94. The minimum Gasteiger partial charge on any atom is -0.436 e. The van der Waals surface area contributed by atoms with Crippen LogP contribution in [0.25, 0.3) is 0 Å². The van der Waals surface area contributed by atoms with Crippen LogP contribution in [0.1, 0.15) is 33.1 Å². The molecule has 0 radical (unpaired) electrons. The molecule has 2 heteroatoms. The fourth-order valence-corrected chi connectivity index (χ4v) is 1.36. The fraction of sp³-hybridized carbons (Fsp3) is 0.818. The highest BCUT2D eigenvalue weighted by atomic mass is 16.8. The molecule has 1 rings (SSSR count). The van der Waals surface area contributed by atoms with Crippen LogP contribution in [-0.2, 0) is 9.10 Å². The molecule has 0 unspecified atom stereocenters. The molecule has 0 amide bonds. The van der Waals surface area contributed by atoms with Crippen LogP contribution in [0.4, 0.5) is 0 Å². The Bertz CT molecular complexity index is 146. The topological polar surface area (TPSA) is 11.9 Å². The van der Waals surface area contributed by atoms with E-state index in [0.29, 0.717) is 12.7 Å². The van der Waals surface area contributed by atoms with Gasteiger partial charge in [0, 0.05) is 12.8 Å². The molecular weight excluding hydrogens is 164 g/mol. The average molecular weight is 185 g/mol. The first kappa shape index (κ1) is 10.6. The van der Waals surface area contributed by atoms with Gasteiger partial charge in [-0.05, 0) is 18.4 Å². The Balaban J connectivity index is 2.04. The second-order valence-electron chi connectivity index (χ2n) is 3.94. The summed E-state index contributed by atoms with van der Waals surface area (Å²) in [5.41, 5.74) is 0. The molecule has 0 N–H and O–H groups in total. The van der Waals surface area contributed by atoms with Crippen LogP contribution in [0.15, 0.2) is 12.3 Å². The van der Waals surface area contributed by atoms with Crippen LogP contribution >= 0.6 is 0 Å². The van der Waals surface area contributed by atoms with E-state index in [1.54, 1.807) is 0 Å². The molecule has 0 bridgehead atoms. The number of hydrogen-bond acceptors (Lipinski definition) is 1. The minimum absolute atomic E-state index is 0.575. The van der Waals surface area contributed by atoms with Gasteiger partial charge in [0.15, 0.2) is 0 Å². The summed E-state index contributed by atoms with van der Waals surface area (Å²) in [5, 5.41) is 0. The first-order valence-corrected chi connectivity index (χ1v) is 5.21. The summed E-state index contributed by atoms with van der Waals surface area (Å²) >= 11 is 0. The Morgan fingerprint density at radius 2 is 1.92 bits per heavy atom. The summed E-state index contributed by atoms with van der Waals surface area (Å²) in [6.45, 7) is 7.22. The molecule has 1 heterocycles. The number of allylic oxidation sites excluding steroid dienone is 1. The van der Waals surface area contributed by atoms with Crippen molar-refractivity contribution < 1.29 is 9.10 Å². The lowest BCUT2D eigenvalue weighted by molar-refractivity contribution is -0.222. The van der Waals surface area contributed by atoms with E-state index < -0.39 is 0 Å². The van der Waals surface area contributed by atoms with Crippen molar-refractivity contribution in [3.05, 3.63) is 12.3 Å². The highest BCUT2D eigenvalue weighted by Crippen LogP contribution is 2.12. The van der Waals surface area contributed by atoms with Gasteiger partial charge in [-0.2, -0.15) is 0 Å². The van der Waals surface area contributed by atoms with Crippen molar-refractivity contribution in [2.45, 2.75) is 33.1 Å². The van der Waals surface area contributed by atoms with E-state index in [-0.39, 0.29) is 0 Å². The van der Waals surface area contributed by atoms with Gasteiger partial charge in [-0.3, -0.25) is 0 Å². The maximum atomic E-state index is 5.39. The minimum atomic E-state index is 0.575. The molecule has 2 nitrogen and oxygen atoms in total. The Morgan fingerprint density at radius 1 is 1.23 bits per heavy atom. The third-order valence-corrected chi connectivity index (χ3v) is 2.16. The number of ether oxygens (including phenoxy) is 1. The van der Waals surface area contributed by atoms with Crippen LogP contribution in [0.2, 0.25) is 0 Å². The largest absolute Gasteiger partial charge is 0.436 e. The van der Waals surface area contributed by atoms with Gasteiger partial charge in [0.2, 0.25) is 0 Å². The van der Waals surface area contributed by atoms with Gasteiger partial charge in [-0.25, -0.2) is 0 Å². The summed E-state index contributed by atoms with van der Waals surface area (Å²) in [7, 11) is 0. The van der Waals surface area contributed by atoms with Crippen LogP contribution in [0, 0.1) is 5.92 Å². The van der Waals surface area contributed by atoms with Gasteiger partial charge in [0.25, 0.3) is 6.79 Å². The van der Waals surface area contributed by atoms with Crippen molar-refractivity contribution in [3.63, 3.8) is 0 Å². The van der Waals surface area contributed by atoms with Crippen molar-refractivity contribution >= 4 is 0 Å². The average Bonchev–Trinajstić information content (AvgIpc) is 2.14. The quantitative estimate of drug-likeness (QED) is 0.484.